The minimum Gasteiger partial charge on any atom is -0.384 e. The van der Waals surface area contributed by atoms with E-state index in [-0.39, 0.29) is 0 Å². The minimum absolute atomic E-state index is 0.423. The fourth-order valence-electron chi connectivity index (χ4n) is 2.78. The van der Waals surface area contributed by atoms with Gasteiger partial charge in [0.1, 0.15) is 11.6 Å². The van der Waals surface area contributed by atoms with Gasteiger partial charge in [0, 0.05) is 25.5 Å². The molecule has 0 aromatic carbocycles. The second-order valence-electron chi connectivity index (χ2n) is 4.82. The Labute approximate surface area is 95.8 Å². The monoisotopic (exact) mass is 221 g/mol. The molecule has 3 heterocycles. The molecule has 4 nitrogen and oxygen atoms in total. The van der Waals surface area contributed by atoms with Crippen LogP contribution in [0.15, 0.2) is 0 Å². The molecule has 2 aliphatic rings. The highest BCUT2D eigenvalue weighted by Gasteiger charge is 2.25. The summed E-state index contributed by atoms with van der Waals surface area (Å²) in [6.07, 6.45) is 5.86. The summed E-state index contributed by atoms with van der Waals surface area (Å²) in [6.45, 7) is 2.73. The molecule has 2 N–H and O–H groups in total. The van der Waals surface area contributed by atoms with Crippen LogP contribution in [0.4, 0.5) is 5.82 Å². The second-order valence-corrected chi connectivity index (χ2v) is 4.82. The van der Waals surface area contributed by atoms with E-state index in [1.165, 1.54) is 25.1 Å². The van der Waals surface area contributed by atoms with Crippen molar-refractivity contribution in [3.8, 4) is 0 Å². The van der Waals surface area contributed by atoms with Crippen LogP contribution in [0.5, 0.6) is 0 Å². The van der Waals surface area contributed by atoms with Gasteiger partial charge in [-0.1, -0.05) is 0 Å². The summed E-state index contributed by atoms with van der Waals surface area (Å²) >= 11 is 0. The predicted octanol–water partition coefficient (Wildman–Crippen LogP) is 1.70. The maximum absolute atomic E-state index is 6.20. The quantitative estimate of drug-likeness (QED) is 0.785. The number of rotatable bonds is 1. The van der Waals surface area contributed by atoms with E-state index >= 15 is 0 Å². The van der Waals surface area contributed by atoms with Crippen molar-refractivity contribution in [2.75, 3.05) is 18.9 Å². The molecular formula is C12H19N3O. The van der Waals surface area contributed by atoms with Crippen LogP contribution < -0.4 is 5.73 Å². The van der Waals surface area contributed by atoms with E-state index in [0.717, 1.165) is 44.1 Å². The molecule has 3 rings (SSSR count). The van der Waals surface area contributed by atoms with Crippen LogP contribution >= 0.6 is 0 Å². The molecule has 0 bridgehead atoms. The molecule has 1 atom stereocenters. The van der Waals surface area contributed by atoms with Gasteiger partial charge in [0.15, 0.2) is 0 Å². The van der Waals surface area contributed by atoms with Crippen molar-refractivity contribution in [3.05, 3.63) is 11.5 Å². The number of anilines is 1. The summed E-state index contributed by atoms with van der Waals surface area (Å²) in [5, 5.41) is 0. The summed E-state index contributed by atoms with van der Waals surface area (Å²) in [7, 11) is 0. The molecule has 1 fully saturated rings. The van der Waals surface area contributed by atoms with E-state index in [2.05, 4.69) is 4.57 Å². The first-order valence-corrected chi connectivity index (χ1v) is 6.29. The molecule has 2 aliphatic heterocycles. The zero-order chi connectivity index (χ0) is 11.0. The molecule has 1 saturated heterocycles. The molecule has 1 aromatic heterocycles. The molecule has 1 aromatic rings. The first-order chi connectivity index (χ1) is 7.86. The Morgan fingerprint density at radius 2 is 2.25 bits per heavy atom. The van der Waals surface area contributed by atoms with Crippen LogP contribution in [0, 0.1) is 0 Å². The van der Waals surface area contributed by atoms with Crippen LogP contribution in [0.25, 0.3) is 0 Å². The summed E-state index contributed by atoms with van der Waals surface area (Å²) in [5.41, 5.74) is 7.29. The fraction of sp³-hybridized carbons (Fsp3) is 0.750. The predicted molar refractivity (Wildman–Crippen MR) is 62.4 cm³/mol. The van der Waals surface area contributed by atoms with Crippen molar-refractivity contribution < 1.29 is 4.74 Å². The number of hydrogen-bond acceptors (Lipinski definition) is 3. The number of fused-ring (bicyclic) bond motifs is 1. The van der Waals surface area contributed by atoms with E-state index < -0.39 is 0 Å². The zero-order valence-corrected chi connectivity index (χ0v) is 9.61. The van der Waals surface area contributed by atoms with Gasteiger partial charge in [-0.05, 0) is 25.7 Å². The van der Waals surface area contributed by atoms with Gasteiger partial charge in [-0.25, -0.2) is 4.98 Å². The van der Waals surface area contributed by atoms with Crippen molar-refractivity contribution in [3.63, 3.8) is 0 Å². The smallest absolute Gasteiger partial charge is 0.127 e. The molecule has 1 unspecified atom stereocenters. The number of imidazole rings is 1. The molecule has 88 valence electrons. The number of nitrogens with two attached hydrogens (primary N) is 1. The number of aromatic nitrogens is 2. The summed E-state index contributed by atoms with van der Waals surface area (Å²) in [4.78, 5) is 4.73. The Morgan fingerprint density at radius 3 is 3.00 bits per heavy atom. The summed E-state index contributed by atoms with van der Waals surface area (Å²) < 4.78 is 7.72. The van der Waals surface area contributed by atoms with Crippen molar-refractivity contribution in [1.82, 2.24) is 9.55 Å². The maximum atomic E-state index is 6.20. The number of ether oxygens (including phenoxy) is 1. The minimum atomic E-state index is 0.423. The zero-order valence-electron chi connectivity index (χ0n) is 9.61. The Hall–Kier alpha value is -1.03. The molecule has 0 radical (unpaired) electrons. The third kappa shape index (κ3) is 1.61. The highest BCUT2D eigenvalue weighted by Crippen LogP contribution is 2.31. The van der Waals surface area contributed by atoms with Crippen molar-refractivity contribution in [2.45, 2.75) is 44.6 Å². The van der Waals surface area contributed by atoms with E-state index in [4.69, 9.17) is 15.5 Å². The topological polar surface area (TPSA) is 53.1 Å². The molecular weight excluding hydrogens is 202 g/mol. The van der Waals surface area contributed by atoms with Crippen LogP contribution in [-0.2, 0) is 17.7 Å². The number of hydrogen-bond donors (Lipinski definition) is 1. The Morgan fingerprint density at radius 1 is 1.31 bits per heavy atom. The molecule has 4 heteroatoms. The highest BCUT2D eigenvalue weighted by molar-refractivity contribution is 5.41. The van der Waals surface area contributed by atoms with Gasteiger partial charge >= 0.3 is 0 Å². The van der Waals surface area contributed by atoms with Crippen LogP contribution in [-0.4, -0.2) is 22.8 Å². The second kappa shape index (κ2) is 4.09. The first kappa shape index (κ1) is 10.1. The van der Waals surface area contributed by atoms with Gasteiger partial charge in [-0.3, -0.25) is 0 Å². The lowest BCUT2D eigenvalue weighted by Crippen LogP contribution is -2.17. The van der Waals surface area contributed by atoms with Crippen LogP contribution in [0.3, 0.4) is 0 Å². The van der Waals surface area contributed by atoms with E-state index in [1.807, 2.05) is 0 Å². The molecule has 0 aliphatic carbocycles. The Kier molecular flexibility index (Phi) is 2.59. The summed E-state index contributed by atoms with van der Waals surface area (Å²) in [6, 6.07) is 0. The molecule has 0 spiro atoms. The fourth-order valence-corrected chi connectivity index (χ4v) is 2.78. The normalized spacial score (nSPS) is 25.4. The average Bonchev–Trinajstić information content (AvgIpc) is 2.69. The number of aryl methyl sites for hydroxylation is 1. The van der Waals surface area contributed by atoms with Crippen molar-refractivity contribution in [2.24, 2.45) is 0 Å². The molecule has 0 amide bonds. The van der Waals surface area contributed by atoms with Crippen LogP contribution in [0.1, 0.15) is 43.1 Å². The van der Waals surface area contributed by atoms with Gasteiger partial charge in [-0.15, -0.1) is 0 Å². The largest absolute Gasteiger partial charge is 0.384 e. The molecule has 0 saturated carbocycles. The molecule has 16 heavy (non-hydrogen) atoms. The highest BCUT2D eigenvalue weighted by atomic mass is 16.5. The van der Waals surface area contributed by atoms with E-state index in [1.54, 1.807) is 0 Å². The number of nitrogens with zero attached hydrogens (tertiary/aromatic N) is 2. The van der Waals surface area contributed by atoms with E-state index in [0.29, 0.717) is 5.92 Å². The Balaban J connectivity index is 1.91. The lowest BCUT2D eigenvalue weighted by Gasteiger charge is -2.21. The van der Waals surface area contributed by atoms with E-state index in [9.17, 15) is 0 Å². The summed E-state index contributed by atoms with van der Waals surface area (Å²) in [5.74, 6) is 2.50. The average molecular weight is 221 g/mol. The van der Waals surface area contributed by atoms with Crippen LogP contribution in [0.2, 0.25) is 0 Å². The SMILES string of the molecule is Nc1c(C2CCCOC2)nc2n1CCCC2. The van der Waals surface area contributed by atoms with Gasteiger partial charge in [0.2, 0.25) is 0 Å². The third-order valence-electron chi connectivity index (χ3n) is 3.69. The van der Waals surface area contributed by atoms with Crippen molar-refractivity contribution in [1.29, 1.82) is 0 Å². The van der Waals surface area contributed by atoms with Gasteiger partial charge in [-0.2, -0.15) is 0 Å². The standard InChI is InChI=1S/C12H19N3O/c13-12-11(9-4-3-7-16-8-9)14-10-5-1-2-6-15(10)12/h9H,1-8,13H2. The van der Waals surface area contributed by atoms with Gasteiger partial charge in [0.05, 0.1) is 12.3 Å². The van der Waals surface area contributed by atoms with Gasteiger partial charge in [0.25, 0.3) is 0 Å². The third-order valence-corrected chi connectivity index (χ3v) is 3.69. The lowest BCUT2D eigenvalue weighted by molar-refractivity contribution is 0.0796. The number of nitrogen functional groups attached to an aromatic ring is 1. The maximum Gasteiger partial charge on any atom is 0.127 e. The van der Waals surface area contributed by atoms with Gasteiger partial charge < -0.3 is 15.0 Å². The Bertz CT molecular complexity index is 380. The lowest BCUT2D eigenvalue weighted by atomic mass is 9.99. The van der Waals surface area contributed by atoms with Crippen molar-refractivity contribution >= 4 is 5.82 Å². The first-order valence-electron chi connectivity index (χ1n) is 6.29.